The van der Waals surface area contributed by atoms with Gasteiger partial charge in [-0.2, -0.15) is 0 Å². The monoisotopic (exact) mass is 498 g/mol. The zero-order valence-corrected chi connectivity index (χ0v) is 18.8. The van der Waals surface area contributed by atoms with E-state index >= 15 is 0 Å². The quantitative estimate of drug-likeness (QED) is 0.313. The third kappa shape index (κ3) is 7.46. The van der Waals surface area contributed by atoms with Gasteiger partial charge in [-0.05, 0) is 60.7 Å². The maximum atomic E-state index is 13.2. The van der Waals surface area contributed by atoms with Crippen molar-refractivity contribution in [2.45, 2.75) is 19.8 Å². The lowest BCUT2D eigenvalue weighted by Gasteiger charge is -2.13. The highest BCUT2D eigenvalue weighted by molar-refractivity contribution is 14.0. The van der Waals surface area contributed by atoms with E-state index in [0.29, 0.717) is 18.7 Å². The molecule has 0 atom stereocenters. The predicted molar refractivity (Wildman–Crippen MR) is 123 cm³/mol. The second-order valence-electron chi connectivity index (χ2n) is 6.28. The molecule has 0 spiro atoms. The van der Waals surface area contributed by atoms with E-state index in [4.69, 9.17) is 0 Å². The van der Waals surface area contributed by atoms with Gasteiger partial charge in [-0.25, -0.2) is 4.39 Å². The number of rotatable bonds is 7. The lowest BCUT2D eigenvalue weighted by atomic mass is 10.1. The van der Waals surface area contributed by atoms with E-state index in [1.807, 2.05) is 31.2 Å². The van der Waals surface area contributed by atoms with Gasteiger partial charge in [0.25, 0.3) is 5.91 Å². The van der Waals surface area contributed by atoms with Gasteiger partial charge in [0.2, 0.25) is 0 Å². The molecule has 0 radical (unpaired) electrons. The summed E-state index contributed by atoms with van der Waals surface area (Å²) in [6.07, 6.45) is 1.57. The highest BCUT2D eigenvalue weighted by atomic mass is 127. The van der Waals surface area contributed by atoms with Crippen LogP contribution in [0.3, 0.4) is 0 Å². The predicted octanol–water partition coefficient (Wildman–Crippen LogP) is 3.06. The second-order valence-corrected chi connectivity index (χ2v) is 6.28. The summed E-state index contributed by atoms with van der Waals surface area (Å²) in [6, 6.07) is 12.4. The number of halogens is 2. The van der Waals surface area contributed by atoms with Gasteiger partial charge in [0.15, 0.2) is 5.96 Å². The van der Waals surface area contributed by atoms with Crippen molar-refractivity contribution in [3.05, 3.63) is 70.5 Å². The van der Waals surface area contributed by atoms with E-state index in [9.17, 15) is 9.18 Å². The molecule has 2 aromatic carbocycles. The number of aliphatic imine (C=N–C) groups is 1. The van der Waals surface area contributed by atoms with Crippen molar-refractivity contribution in [3.8, 4) is 0 Å². The molecular formula is C21H28FIN4O. The number of hydrogen-bond donors (Lipinski definition) is 3. The maximum absolute atomic E-state index is 13.2. The number of guanidine groups is 1. The van der Waals surface area contributed by atoms with Crippen LogP contribution in [0, 0.1) is 12.7 Å². The summed E-state index contributed by atoms with van der Waals surface area (Å²) in [5.41, 5.74) is 3.81. The summed E-state index contributed by atoms with van der Waals surface area (Å²) in [5.74, 6) is 0.428. The minimum absolute atomic E-state index is 0. The molecule has 0 aliphatic rings. The fourth-order valence-corrected chi connectivity index (χ4v) is 2.81. The minimum Gasteiger partial charge on any atom is -0.356 e. The van der Waals surface area contributed by atoms with Crippen LogP contribution in [0.25, 0.3) is 0 Å². The van der Waals surface area contributed by atoms with Gasteiger partial charge >= 0.3 is 0 Å². The van der Waals surface area contributed by atoms with Crippen LogP contribution in [-0.4, -0.2) is 39.1 Å². The molecule has 0 saturated carbocycles. The Morgan fingerprint density at radius 3 is 2.43 bits per heavy atom. The lowest BCUT2D eigenvalue weighted by molar-refractivity contribution is 0.0963. The first-order valence-corrected chi connectivity index (χ1v) is 9.04. The van der Waals surface area contributed by atoms with Gasteiger partial charge in [0.05, 0.1) is 0 Å². The first kappa shape index (κ1) is 23.9. The van der Waals surface area contributed by atoms with E-state index in [1.54, 1.807) is 26.2 Å². The Morgan fingerprint density at radius 1 is 1.07 bits per heavy atom. The van der Waals surface area contributed by atoms with Gasteiger partial charge in [-0.3, -0.25) is 9.79 Å². The molecule has 3 N–H and O–H groups in total. The van der Waals surface area contributed by atoms with Gasteiger partial charge < -0.3 is 16.0 Å². The Balaban J connectivity index is 0.00000392. The Hall–Kier alpha value is -2.16. The Bertz CT molecular complexity index is 811. The average molecular weight is 498 g/mol. The van der Waals surface area contributed by atoms with Crippen molar-refractivity contribution in [1.29, 1.82) is 0 Å². The van der Waals surface area contributed by atoms with Crippen molar-refractivity contribution in [2.75, 3.05) is 27.2 Å². The summed E-state index contributed by atoms with van der Waals surface area (Å²) in [4.78, 5) is 15.9. The van der Waals surface area contributed by atoms with Crippen LogP contribution in [0.1, 0.15) is 27.0 Å². The van der Waals surface area contributed by atoms with Gasteiger partial charge in [0, 0.05) is 32.7 Å². The number of nitrogens with zero attached hydrogens (tertiary/aromatic N) is 1. The fraction of sp³-hybridized carbons (Fsp3) is 0.333. The number of carbonyl (C=O) groups is 1. The average Bonchev–Trinajstić information content (AvgIpc) is 2.68. The van der Waals surface area contributed by atoms with E-state index < -0.39 is 0 Å². The van der Waals surface area contributed by atoms with Crippen molar-refractivity contribution in [3.63, 3.8) is 0 Å². The third-order valence-corrected chi connectivity index (χ3v) is 4.34. The molecule has 7 heteroatoms. The number of carbonyl (C=O) groups excluding carboxylic acids is 1. The van der Waals surface area contributed by atoms with Crippen LogP contribution in [0.15, 0.2) is 47.5 Å². The summed E-state index contributed by atoms with van der Waals surface area (Å²) in [5, 5.41) is 9.17. The molecule has 0 bridgehead atoms. The summed E-state index contributed by atoms with van der Waals surface area (Å²) in [7, 11) is 3.35. The van der Waals surface area contributed by atoms with Crippen LogP contribution in [0.4, 0.5) is 4.39 Å². The molecule has 1 amide bonds. The highest BCUT2D eigenvalue weighted by Gasteiger charge is 2.05. The Kier molecular flexibility index (Phi) is 10.5. The van der Waals surface area contributed by atoms with Crippen LogP contribution in [0.2, 0.25) is 0 Å². The number of aryl methyl sites for hydroxylation is 1. The summed E-state index contributed by atoms with van der Waals surface area (Å²) in [6.45, 7) is 3.32. The molecule has 0 unspecified atom stereocenters. The standard InChI is InChI=1S/C21H27FN4O.HI/c1-15-13-19(22)8-7-17(15)10-12-26-21(24-3)25-11-9-16-5-4-6-18(14-16)20(27)23-2;/h4-8,13-14H,9-12H2,1-3H3,(H,23,27)(H2,24,25,26);1H. The molecule has 0 aliphatic heterocycles. The lowest BCUT2D eigenvalue weighted by Crippen LogP contribution is -2.39. The molecule has 0 aliphatic carbocycles. The number of benzene rings is 2. The first-order valence-electron chi connectivity index (χ1n) is 9.04. The summed E-state index contributed by atoms with van der Waals surface area (Å²) < 4.78 is 13.2. The van der Waals surface area contributed by atoms with Crippen LogP contribution in [-0.2, 0) is 12.8 Å². The maximum Gasteiger partial charge on any atom is 0.251 e. The largest absolute Gasteiger partial charge is 0.356 e. The molecular weight excluding hydrogens is 470 g/mol. The van der Waals surface area contributed by atoms with Crippen LogP contribution < -0.4 is 16.0 Å². The van der Waals surface area contributed by atoms with Crippen LogP contribution >= 0.6 is 24.0 Å². The van der Waals surface area contributed by atoms with E-state index in [2.05, 4.69) is 20.9 Å². The molecule has 0 aromatic heterocycles. The van der Waals surface area contributed by atoms with Gasteiger partial charge in [-0.15, -0.1) is 24.0 Å². The van der Waals surface area contributed by atoms with Gasteiger partial charge in [-0.1, -0.05) is 18.2 Å². The van der Waals surface area contributed by atoms with E-state index in [0.717, 1.165) is 35.5 Å². The zero-order valence-electron chi connectivity index (χ0n) is 16.5. The van der Waals surface area contributed by atoms with Crippen molar-refractivity contribution >= 4 is 35.8 Å². The fourth-order valence-electron chi connectivity index (χ4n) is 2.81. The third-order valence-electron chi connectivity index (χ3n) is 4.34. The number of nitrogens with one attached hydrogen (secondary N) is 3. The number of hydrogen-bond acceptors (Lipinski definition) is 2. The normalized spacial score (nSPS) is 10.8. The highest BCUT2D eigenvalue weighted by Crippen LogP contribution is 2.10. The van der Waals surface area contributed by atoms with Crippen molar-refractivity contribution in [2.24, 2.45) is 4.99 Å². The molecule has 0 heterocycles. The molecule has 0 saturated heterocycles. The Morgan fingerprint density at radius 2 is 1.79 bits per heavy atom. The minimum atomic E-state index is -0.206. The first-order chi connectivity index (χ1) is 13.0. The molecule has 152 valence electrons. The molecule has 2 rings (SSSR count). The zero-order chi connectivity index (χ0) is 19.6. The molecule has 28 heavy (non-hydrogen) atoms. The van der Waals surface area contributed by atoms with Crippen molar-refractivity contribution in [1.82, 2.24) is 16.0 Å². The SMILES string of the molecule is CN=C(NCCc1cccc(C(=O)NC)c1)NCCc1ccc(F)cc1C.I. The Labute approximate surface area is 183 Å². The summed E-state index contributed by atoms with van der Waals surface area (Å²) >= 11 is 0. The molecule has 0 fully saturated rings. The van der Waals surface area contributed by atoms with E-state index in [-0.39, 0.29) is 35.7 Å². The molecule has 5 nitrogen and oxygen atoms in total. The van der Waals surface area contributed by atoms with Crippen LogP contribution in [0.5, 0.6) is 0 Å². The topological polar surface area (TPSA) is 65.5 Å². The van der Waals surface area contributed by atoms with Crippen molar-refractivity contribution < 1.29 is 9.18 Å². The van der Waals surface area contributed by atoms with Gasteiger partial charge in [0.1, 0.15) is 5.82 Å². The van der Waals surface area contributed by atoms with E-state index in [1.165, 1.54) is 6.07 Å². The molecule has 2 aromatic rings. The second kappa shape index (κ2) is 12.3. The smallest absolute Gasteiger partial charge is 0.251 e. The number of amides is 1.